The molecular weight excluding hydrogens is 376 g/mol. The Balaban J connectivity index is 1.89. The molecule has 1 aliphatic rings. The molecular formula is C21H26N2O4S. The van der Waals surface area contributed by atoms with Gasteiger partial charge in [0.2, 0.25) is 0 Å². The summed E-state index contributed by atoms with van der Waals surface area (Å²) in [6, 6.07) is 13.3. The summed E-state index contributed by atoms with van der Waals surface area (Å²) in [5.41, 5.74) is 0.725. The van der Waals surface area contributed by atoms with Crippen molar-refractivity contribution in [2.24, 2.45) is 0 Å². The van der Waals surface area contributed by atoms with E-state index in [1.54, 1.807) is 36.4 Å². The SMILES string of the molecule is COc1ccccc1NS(=O)(=O)c1cccc(C(=O)N2C(C)CCCC2C)c1. The van der Waals surface area contributed by atoms with E-state index in [2.05, 4.69) is 4.72 Å². The van der Waals surface area contributed by atoms with Crippen molar-refractivity contribution >= 4 is 21.6 Å². The van der Waals surface area contributed by atoms with Crippen LogP contribution in [0.5, 0.6) is 5.75 Å². The highest BCUT2D eigenvalue weighted by Crippen LogP contribution is 2.28. The summed E-state index contributed by atoms with van der Waals surface area (Å²) in [5.74, 6) is 0.295. The predicted octanol–water partition coefficient (Wildman–Crippen LogP) is 3.90. The van der Waals surface area contributed by atoms with Gasteiger partial charge in [-0.1, -0.05) is 18.2 Å². The first-order valence-corrected chi connectivity index (χ1v) is 10.9. The van der Waals surface area contributed by atoms with Crippen LogP contribution in [-0.4, -0.2) is 38.4 Å². The molecule has 0 bridgehead atoms. The van der Waals surface area contributed by atoms with Crippen LogP contribution in [0.15, 0.2) is 53.4 Å². The molecule has 2 aromatic carbocycles. The van der Waals surface area contributed by atoms with Crippen LogP contribution >= 0.6 is 0 Å². The Hall–Kier alpha value is -2.54. The predicted molar refractivity (Wildman–Crippen MR) is 109 cm³/mol. The number of hydrogen-bond donors (Lipinski definition) is 1. The second kappa shape index (κ2) is 8.22. The Bertz CT molecular complexity index is 948. The summed E-state index contributed by atoms with van der Waals surface area (Å²) in [7, 11) is -2.38. The smallest absolute Gasteiger partial charge is 0.262 e. The van der Waals surface area contributed by atoms with E-state index in [4.69, 9.17) is 4.74 Å². The zero-order chi connectivity index (χ0) is 20.3. The molecule has 0 aromatic heterocycles. The lowest BCUT2D eigenvalue weighted by Gasteiger charge is -2.39. The van der Waals surface area contributed by atoms with Gasteiger partial charge in [-0.25, -0.2) is 8.42 Å². The number of nitrogens with zero attached hydrogens (tertiary/aromatic N) is 1. The molecule has 150 valence electrons. The van der Waals surface area contributed by atoms with Crippen LogP contribution < -0.4 is 9.46 Å². The molecule has 2 aromatic rings. The Morgan fingerprint density at radius 3 is 2.43 bits per heavy atom. The molecule has 7 heteroatoms. The van der Waals surface area contributed by atoms with Crippen LogP contribution in [0.1, 0.15) is 43.5 Å². The quantitative estimate of drug-likeness (QED) is 0.823. The molecule has 1 fully saturated rings. The minimum absolute atomic E-state index is 0.0431. The van der Waals surface area contributed by atoms with Gasteiger partial charge in [0.1, 0.15) is 5.75 Å². The summed E-state index contributed by atoms with van der Waals surface area (Å²) in [5, 5.41) is 0. The van der Waals surface area contributed by atoms with Crippen molar-refractivity contribution in [2.75, 3.05) is 11.8 Å². The lowest BCUT2D eigenvalue weighted by Crippen LogP contribution is -2.47. The lowest BCUT2D eigenvalue weighted by molar-refractivity contribution is 0.0510. The highest BCUT2D eigenvalue weighted by molar-refractivity contribution is 7.92. The van der Waals surface area contributed by atoms with Gasteiger partial charge in [0.25, 0.3) is 15.9 Å². The van der Waals surface area contributed by atoms with Gasteiger partial charge in [-0.2, -0.15) is 0 Å². The number of likely N-dealkylation sites (tertiary alicyclic amines) is 1. The molecule has 6 nitrogen and oxygen atoms in total. The van der Waals surface area contributed by atoms with Crippen molar-refractivity contribution in [1.29, 1.82) is 0 Å². The van der Waals surface area contributed by atoms with Crippen LogP contribution in [0.3, 0.4) is 0 Å². The normalized spacial score (nSPS) is 19.9. The molecule has 2 atom stereocenters. The maximum Gasteiger partial charge on any atom is 0.262 e. The minimum atomic E-state index is -3.86. The number of para-hydroxylation sites is 2. The highest BCUT2D eigenvalue weighted by atomic mass is 32.2. The third-order valence-electron chi connectivity index (χ3n) is 5.17. The standard InChI is InChI=1S/C21H26N2O4S/c1-15-8-6-9-16(2)23(15)21(24)17-10-7-11-18(14-17)28(25,26)22-19-12-4-5-13-20(19)27-3/h4-5,7,10-16,22H,6,8-9H2,1-3H3. The number of sulfonamides is 1. The van der Waals surface area contributed by atoms with Crippen LogP contribution in [0.2, 0.25) is 0 Å². The van der Waals surface area contributed by atoms with Gasteiger partial charge in [0, 0.05) is 17.6 Å². The van der Waals surface area contributed by atoms with Gasteiger partial charge >= 0.3 is 0 Å². The molecule has 0 spiro atoms. The topological polar surface area (TPSA) is 75.7 Å². The second-order valence-electron chi connectivity index (χ2n) is 7.17. The summed E-state index contributed by atoms with van der Waals surface area (Å²) in [6.45, 7) is 4.08. The van der Waals surface area contributed by atoms with Crippen LogP contribution in [0.25, 0.3) is 0 Å². The van der Waals surface area contributed by atoms with E-state index in [1.165, 1.54) is 19.2 Å². The van der Waals surface area contributed by atoms with Crippen molar-refractivity contribution in [3.63, 3.8) is 0 Å². The zero-order valence-corrected chi connectivity index (χ0v) is 17.2. The van der Waals surface area contributed by atoms with Crippen molar-refractivity contribution in [1.82, 2.24) is 4.90 Å². The van der Waals surface area contributed by atoms with E-state index in [9.17, 15) is 13.2 Å². The van der Waals surface area contributed by atoms with Crippen molar-refractivity contribution in [2.45, 2.75) is 50.1 Å². The number of rotatable bonds is 5. The van der Waals surface area contributed by atoms with Crippen LogP contribution in [-0.2, 0) is 10.0 Å². The molecule has 2 unspecified atom stereocenters. The van der Waals surface area contributed by atoms with E-state index >= 15 is 0 Å². The van der Waals surface area contributed by atoms with E-state index in [0.717, 1.165) is 19.3 Å². The first-order chi connectivity index (χ1) is 13.3. The number of methoxy groups -OCH3 is 1. The number of anilines is 1. The molecule has 1 amide bonds. The van der Waals surface area contributed by atoms with E-state index in [1.807, 2.05) is 18.7 Å². The number of amides is 1. The Morgan fingerprint density at radius 2 is 1.75 bits per heavy atom. The number of carbonyl (C=O) groups excluding carboxylic acids is 1. The molecule has 0 radical (unpaired) electrons. The fourth-order valence-corrected chi connectivity index (χ4v) is 4.82. The summed E-state index contributed by atoms with van der Waals surface area (Å²) in [6.07, 6.45) is 3.02. The van der Waals surface area contributed by atoms with E-state index < -0.39 is 10.0 Å². The summed E-state index contributed by atoms with van der Waals surface area (Å²) >= 11 is 0. The number of hydrogen-bond acceptors (Lipinski definition) is 4. The van der Waals surface area contributed by atoms with Crippen LogP contribution in [0.4, 0.5) is 5.69 Å². The molecule has 0 aliphatic carbocycles. The first-order valence-electron chi connectivity index (χ1n) is 9.42. The third-order valence-corrected chi connectivity index (χ3v) is 6.53. The number of benzene rings is 2. The summed E-state index contributed by atoms with van der Waals surface area (Å²) in [4.78, 5) is 15.0. The van der Waals surface area contributed by atoms with Gasteiger partial charge < -0.3 is 9.64 Å². The number of carbonyl (C=O) groups is 1. The Morgan fingerprint density at radius 1 is 1.07 bits per heavy atom. The fourth-order valence-electron chi connectivity index (χ4n) is 3.70. The maximum atomic E-state index is 13.0. The Kier molecular flexibility index (Phi) is 5.93. The molecule has 0 saturated carbocycles. The second-order valence-corrected chi connectivity index (χ2v) is 8.86. The molecule has 1 saturated heterocycles. The van der Waals surface area contributed by atoms with Crippen molar-refractivity contribution in [3.05, 3.63) is 54.1 Å². The zero-order valence-electron chi connectivity index (χ0n) is 16.4. The van der Waals surface area contributed by atoms with Crippen molar-refractivity contribution < 1.29 is 17.9 Å². The third kappa shape index (κ3) is 4.14. The highest BCUT2D eigenvalue weighted by Gasteiger charge is 2.30. The average Bonchev–Trinajstić information content (AvgIpc) is 2.68. The van der Waals surface area contributed by atoms with Gasteiger partial charge in [-0.15, -0.1) is 0 Å². The lowest BCUT2D eigenvalue weighted by atomic mass is 9.96. The first kappa shape index (κ1) is 20.2. The largest absolute Gasteiger partial charge is 0.495 e. The van der Waals surface area contributed by atoms with E-state index in [-0.39, 0.29) is 22.9 Å². The minimum Gasteiger partial charge on any atom is -0.495 e. The van der Waals surface area contributed by atoms with Gasteiger partial charge in [0.05, 0.1) is 17.7 Å². The number of nitrogens with one attached hydrogen (secondary N) is 1. The van der Waals surface area contributed by atoms with Crippen LogP contribution in [0, 0.1) is 0 Å². The van der Waals surface area contributed by atoms with Gasteiger partial charge in [0.15, 0.2) is 0 Å². The molecule has 1 aliphatic heterocycles. The monoisotopic (exact) mass is 402 g/mol. The summed E-state index contributed by atoms with van der Waals surface area (Å²) < 4.78 is 33.5. The molecule has 28 heavy (non-hydrogen) atoms. The Labute approximate surface area is 166 Å². The van der Waals surface area contributed by atoms with Crippen molar-refractivity contribution in [3.8, 4) is 5.75 Å². The number of piperidine rings is 1. The molecule has 1 N–H and O–H groups in total. The molecule has 3 rings (SSSR count). The fraction of sp³-hybridized carbons (Fsp3) is 0.381. The van der Waals surface area contributed by atoms with Gasteiger partial charge in [-0.05, 0) is 63.4 Å². The molecule has 1 heterocycles. The average molecular weight is 403 g/mol. The van der Waals surface area contributed by atoms with Gasteiger partial charge in [-0.3, -0.25) is 9.52 Å². The number of ether oxygens (including phenoxy) is 1. The van der Waals surface area contributed by atoms with E-state index in [0.29, 0.717) is 17.0 Å². The maximum absolute atomic E-state index is 13.0.